The summed E-state index contributed by atoms with van der Waals surface area (Å²) in [6.45, 7) is 7.26. The first kappa shape index (κ1) is 22.4. The van der Waals surface area contributed by atoms with Gasteiger partial charge in [0.25, 0.3) is 0 Å². The highest BCUT2D eigenvalue weighted by Crippen LogP contribution is 2.24. The lowest BCUT2D eigenvalue weighted by Gasteiger charge is -2.32. The number of hydrogen-bond donors (Lipinski definition) is 2. The third kappa shape index (κ3) is 6.09. The van der Waals surface area contributed by atoms with E-state index < -0.39 is 5.97 Å². The summed E-state index contributed by atoms with van der Waals surface area (Å²) in [6, 6.07) is 13.7. The number of piperidine rings is 1. The van der Waals surface area contributed by atoms with Crippen molar-refractivity contribution in [3.8, 4) is 0 Å². The van der Waals surface area contributed by atoms with E-state index in [1.54, 1.807) is 25.1 Å². The average Bonchev–Trinajstić information content (AvgIpc) is 2.73. The Kier molecular flexibility index (Phi) is 7.94. The summed E-state index contributed by atoms with van der Waals surface area (Å²) in [6.07, 6.45) is 2.58. The number of benzene rings is 2. The van der Waals surface area contributed by atoms with Gasteiger partial charge in [-0.3, -0.25) is 0 Å². The minimum atomic E-state index is -0.433. The first-order chi connectivity index (χ1) is 14.5. The van der Waals surface area contributed by atoms with Gasteiger partial charge in [0.1, 0.15) is 0 Å². The second-order valence-electron chi connectivity index (χ2n) is 7.58. The van der Waals surface area contributed by atoms with Crippen molar-refractivity contribution < 1.29 is 9.53 Å². The Morgan fingerprint density at radius 3 is 2.70 bits per heavy atom. The standard InChI is InChI=1S/C23H28ClN3O2S/c1-3-29-22(28)20-11-8-18(13-21(20)24)26-23(30)25-14-17-6-9-19(10-7-17)27-12-4-5-16(2)15-27/h6-11,13,16H,3-5,12,14-15H2,1-2H3,(H2,25,26,30). The number of thiocarbonyl (C=S) groups is 1. The van der Waals surface area contributed by atoms with Crippen LogP contribution in [0.3, 0.4) is 0 Å². The minimum Gasteiger partial charge on any atom is -0.462 e. The Morgan fingerprint density at radius 2 is 2.03 bits per heavy atom. The third-order valence-electron chi connectivity index (χ3n) is 5.13. The van der Waals surface area contributed by atoms with E-state index in [2.05, 4.69) is 46.7 Å². The molecule has 1 saturated heterocycles. The van der Waals surface area contributed by atoms with Crippen LogP contribution in [0.1, 0.15) is 42.6 Å². The van der Waals surface area contributed by atoms with Crippen LogP contribution in [-0.4, -0.2) is 30.8 Å². The summed E-state index contributed by atoms with van der Waals surface area (Å²) in [5.41, 5.74) is 3.48. The number of carbonyl (C=O) groups excluding carboxylic acids is 1. The van der Waals surface area contributed by atoms with Crippen LogP contribution in [0.4, 0.5) is 11.4 Å². The van der Waals surface area contributed by atoms with Gasteiger partial charge in [0, 0.05) is 31.0 Å². The van der Waals surface area contributed by atoms with Crippen molar-refractivity contribution in [2.24, 2.45) is 5.92 Å². The molecule has 2 aromatic rings. The maximum Gasteiger partial charge on any atom is 0.339 e. The van der Waals surface area contributed by atoms with Gasteiger partial charge in [-0.2, -0.15) is 0 Å². The molecule has 3 rings (SSSR count). The van der Waals surface area contributed by atoms with Gasteiger partial charge in [-0.25, -0.2) is 4.79 Å². The van der Waals surface area contributed by atoms with Crippen molar-refractivity contribution in [3.05, 3.63) is 58.6 Å². The summed E-state index contributed by atoms with van der Waals surface area (Å²) >= 11 is 11.6. The van der Waals surface area contributed by atoms with Crippen molar-refractivity contribution in [2.45, 2.75) is 33.2 Å². The van der Waals surface area contributed by atoms with Crippen molar-refractivity contribution in [1.29, 1.82) is 0 Å². The quantitative estimate of drug-likeness (QED) is 0.468. The summed E-state index contributed by atoms with van der Waals surface area (Å²) in [4.78, 5) is 14.3. The van der Waals surface area contributed by atoms with E-state index >= 15 is 0 Å². The highest BCUT2D eigenvalue weighted by molar-refractivity contribution is 7.80. The fourth-order valence-corrected chi connectivity index (χ4v) is 4.02. The van der Waals surface area contributed by atoms with Crippen LogP contribution >= 0.6 is 23.8 Å². The monoisotopic (exact) mass is 445 g/mol. The predicted molar refractivity (Wildman–Crippen MR) is 128 cm³/mol. The molecule has 1 atom stereocenters. The molecule has 30 heavy (non-hydrogen) atoms. The topological polar surface area (TPSA) is 53.6 Å². The fourth-order valence-electron chi connectivity index (χ4n) is 3.57. The normalized spacial score (nSPS) is 16.1. The second kappa shape index (κ2) is 10.6. The maximum atomic E-state index is 11.8. The zero-order valence-corrected chi connectivity index (χ0v) is 19.0. The summed E-state index contributed by atoms with van der Waals surface area (Å²) in [5.74, 6) is 0.320. The molecule has 1 unspecified atom stereocenters. The largest absolute Gasteiger partial charge is 0.462 e. The Bertz CT molecular complexity index is 889. The summed E-state index contributed by atoms with van der Waals surface area (Å²) < 4.78 is 4.98. The smallest absolute Gasteiger partial charge is 0.339 e. The van der Waals surface area contributed by atoms with E-state index in [1.807, 2.05) is 0 Å². The predicted octanol–water partition coefficient (Wildman–Crippen LogP) is 5.24. The molecule has 0 amide bonds. The Hall–Kier alpha value is -2.31. The number of halogens is 1. The molecule has 1 aliphatic rings. The van der Waals surface area contributed by atoms with E-state index in [1.165, 1.54) is 18.5 Å². The van der Waals surface area contributed by atoms with Crippen LogP contribution in [0, 0.1) is 5.92 Å². The molecule has 0 spiro atoms. The van der Waals surface area contributed by atoms with E-state index in [4.69, 9.17) is 28.6 Å². The number of esters is 1. The molecular formula is C23H28ClN3O2S. The molecule has 7 heteroatoms. The summed E-state index contributed by atoms with van der Waals surface area (Å²) in [5, 5.41) is 7.11. The lowest BCUT2D eigenvalue weighted by atomic mass is 9.99. The lowest BCUT2D eigenvalue weighted by Crippen LogP contribution is -2.34. The zero-order chi connectivity index (χ0) is 21.5. The summed E-state index contributed by atoms with van der Waals surface area (Å²) in [7, 11) is 0. The molecule has 0 aromatic heterocycles. The average molecular weight is 446 g/mol. The Labute approximate surface area is 188 Å². The SMILES string of the molecule is CCOC(=O)c1ccc(NC(=S)NCc2ccc(N3CCCC(C)C3)cc2)cc1Cl. The van der Waals surface area contributed by atoms with Crippen molar-refractivity contribution in [2.75, 3.05) is 29.9 Å². The van der Waals surface area contributed by atoms with Crippen LogP contribution in [0.15, 0.2) is 42.5 Å². The van der Waals surface area contributed by atoms with Gasteiger partial charge in [-0.05, 0) is 73.8 Å². The van der Waals surface area contributed by atoms with Gasteiger partial charge >= 0.3 is 5.97 Å². The number of anilines is 2. The first-order valence-electron chi connectivity index (χ1n) is 10.3. The number of nitrogens with one attached hydrogen (secondary N) is 2. The zero-order valence-electron chi connectivity index (χ0n) is 17.4. The number of ether oxygens (including phenoxy) is 1. The fraction of sp³-hybridized carbons (Fsp3) is 0.391. The molecule has 2 N–H and O–H groups in total. The van der Waals surface area contributed by atoms with Gasteiger partial charge in [0.05, 0.1) is 17.2 Å². The van der Waals surface area contributed by atoms with Crippen molar-refractivity contribution in [1.82, 2.24) is 5.32 Å². The molecule has 1 fully saturated rings. The molecule has 2 aromatic carbocycles. The van der Waals surface area contributed by atoms with Crippen molar-refractivity contribution in [3.63, 3.8) is 0 Å². The molecule has 160 valence electrons. The van der Waals surface area contributed by atoms with E-state index in [0.29, 0.717) is 34.5 Å². The van der Waals surface area contributed by atoms with Crippen molar-refractivity contribution >= 4 is 46.3 Å². The molecule has 0 radical (unpaired) electrons. The van der Waals surface area contributed by atoms with E-state index in [9.17, 15) is 4.79 Å². The van der Waals surface area contributed by atoms with Crippen LogP contribution in [-0.2, 0) is 11.3 Å². The van der Waals surface area contributed by atoms with Gasteiger partial charge in [-0.15, -0.1) is 0 Å². The Morgan fingerprint density at radius 1 is 1.27 bits per heavy atom. The molecule has 1 heterocycles. The molecule has 0 saturated carbocycles. The molecule has 5 nitrogen and oxygen atoms in total. The number of nitrogens with zero attached hydrogens (tertiary/aromatic N) is 1. The number of hydrogen-bond acceptors (Lipinski definition) is 4. The van der Waals surface area contributed by atoms with Gasteiger partial charge in [0.15, 0.2) is 5.11 Å². The van der Waals surface area contributed by atoms with Crippen LogP contribution in [0.2, 0.25) is 5.02 Å². The Balaban J connectivity index is 1.51. The highest BCUT2D eigenvalue weighted by atomic mass is 35.5. The van der Waals surface area contributed by atoms with Gasteiger partial charge in [-0.1, -0.05) is 30.7 Å². The van der Waals surface area contributed by atoms with Crippen LogP contribution < -0.4 is 15.5 Å². The van der Waals surface area contributed by atoms with Crippen LogP contribution in [0.25, 0.3) is 0 Å². The van der Waals surface area contributed by atoms with Gasteiger partial charge < -0.3 is 20.3 Å². The molecule has 0 aliphatic carbocycles. The number of rotatable bonds is 6. The lowest BCUT2D eigenvalue weighted by molar-refractivity contribution is 0.0526. The molecular weight excluding hydrogens is 418 g/mol. The third-order valence-corrected chi connectivity index (χ3v) is 5.69. The van der Waals surface area contributed by atoms with E-state index in [-0.39, 0.29) is 0 Å². The highest BCUT2D eigenvalue weighted by Gasteiger charge is 2.16. The number of carbonyl (C=O) groups is 1. The molecule has 0 bridgehead atoms. The van der Waals surface area contributed by atoms with Gasteiger partial charge in [0.2, 0.25) is 0 Å². The second-order valence-corrected chi connectivity index (χ2v) is 8.40. The minimum absolute atomic E-state index is 0.307. The first-order valence-corrected chi connectivity index (χ1v) is 11.1. The molecule has 1 aliphatic heterocycles. The maximum absolute atomic E-state index is 11.8. The van der Waals surface area contributed by atoms with E-state index in [0.717, 1.165) is 24.6 Å². The van der Waals surface area contributed by atoms with Crippen LogP contribution in [0.5, 0.6) is 0 Å².